The van der Waals surface area contributed by atoms with Crippen LogP contribution in [0.4, 0.5) is 4.79 Å². The zero-order valence-electron chi connectivity index (χ0n) is 12.1. The van der Waals surface area contributed by atoms with Crippen LogP contribution in [0.5, 0.6) is 0 Å². The first-order chi connectivity index (χ1) is 9.31. The van der Waals surface area contributed by atoms with Crippen molar-refractivity contribution in [3.05, 3.63) is 0 Å². The van der Waals surface area contributed by atoms with Crippen molar-refractivity contribution in [1.29, 1.82) is 0 Å². The van der Waals surface area contributed by atoms with Crippen molar-refractivity contribution in [1.82, 2.24) is 10.2 Å². The molecule has 114 valence electrons. The molecule has 1 unspecified atom stereocenters. The number of carboxylic acid groups (broad SMARTS) is 1. The summed E-state index contributed by atoms with van der Waals surface area (Å²) >= 11 is 0. The number of amides is 2. The molecule has 0 aliphatic heterocycles. The standard InChI is InChI=1S/C13H22N2O5/c1-4-20-10(16)7-8-15(3)12(19)14-13(2,11(17)18)9-5-6-9/h9H,4-8H2,1-3H3,(H,14,19)(H,17,18). The topological polar surface area (TPSA) is 95.9 Å². The van der Waals surface area contributed by atoms with E-state index in [1.54, 1.807) is 6.92 Å². The highest BCUT2D eigenvalue weighted by Crippen LogP contribution is 2.39. The summed E-state index contributed by atoms with van der Waals surface area (Å²) in [6.07, 6.45) is 1.69. The van der Waals surface area contributed by atoms with Crippen molar-refractivity contribution in [2.45, 2.75) is 38.6 Å². The minimum absolute atomic E-state index is 0.0255. The van der Waals surface area contributed by atoms with Crippen LogP contribution < -0.4 is 5.32 Å². The lowest BCUT2D eigenvalue weighted by Gasteiger charge is -2.29. The number of nitrogens with zero attached hydrogens (tertiary/aromatic N) is 1. The van der Waals surface area contributed by atoms with Gasteiger partial charge in [-0.1, -0.05) is 0 Å². The Labute approximate surface area is 118 Å². The van der Waals surface area contributed by atoms with Gasteiger partial charge in [0.2, 0.25) is 0 Å². The molecule has 0 aromatic carbocycles. The third kappa shape index (κ3) is 4.11. The fourth-order valence-corrected chi connectivity index (χ4v) is 1.90. The van der Waals surface area contributed by atoms with Gasteiger partial charge >= 0.3 is 18.0 Å². The maximum atomic E-state index is 12.0. The lowest BCUT2D eigenvalue weighted by molar-refractivity contribution is -0.145. The van der Waals surface area contributed by atoms with Crippen molar-refractivity contribution in [2.75, 3.05) is 20.2 Å². The van der Waals surface area contributed by atoms with Crippen LogP contribution >= 0.6 is 0 Å². The predicted molar refractivity (Wildman–Crippen MR) is 71.2 cm³/mol. The van der Waals surface area contributed by atoms with Gasteiger partial charge in [0.25, 0.3) is 0 Å². The molecule has 0 aromatic rings. The number of carbonyl (C=O) groups is 3. The van der Waals surface area contributed by atoms with E-state index in [0.29, 0.717) is 6.61 Å². The monoisotopic (exact) mass is 286 g/mol. The molecule has 1 saturated carbocycles. The zero-order chi connectivity index (χ0) is 15.3. The van der Waals surface area contributed by atoms with Gasteiger partial charge in [-0.05, 0) is 32.6 Å². The second kappa shape index (κ2) is 6.58. The lowest BCUT2D eigenvalue weighted by atomic mass is 9.96. The van der Waals surface area contributed by atoms with Crippen LogP contribution in [0.3, 0.4) is 0 Å². The minimum Gasteiger partial charge on any atom is -0.480 e. The quantitative estimate of drug-likeness (QED) is 0.676. The number of nitrogens with one attached hydrogen (secondary N) is 1. The summed E-state index contributed by atoms with van der Waals surface area (Å²) in [4.78, 5) is 35.8. The normalized spacial score (nSPS) is 16.9. The van der Waals surface area contributed by atoms with Gasteiger partial charge < -0.3 is 20.1 Å². The number of aliphatic carboxylic acids is 1. The molecule has 2 N–H and O–H groups in total. The van der Waals surface area contributed by atoms with E-state index in [1.165, 1.54) is 18.9 Å². The SMILES string of the molecule is CCOC(=O)CCN(C)C(=O)NC(C)(C(=O)O)C1CC1. The molecule has 7 heteroatoms. The van der Waals surface area contributed by atoms with Crippen LogP contribution in [0, 0.1) is 5.92 Å². The van der Waals surface area contributed by atoms with Crippen LogP contribution in [0.25, 0.3) is 0 Å². The van der Waals surface area contributed by atoms with Gasteiger partial charge in [0.05, 0.1) is 13.0 Å². The first-order valence-corrected chi connectivity index (χ1v) is 6.73. The van der Waals surface area contributed by atoms with Crippen molar-refractivity contribution in [2.24, 2.45) is 5.92 Å². The maximum absolute atomic E-state index is 12.0. The van der Waals surface area contributed by atoms with E-state index in [2.05, 4.69) is 5.32 Å². The van der Waals surface area contributed by atoms with Gasteiger partial charge in [0.15, 0.2) is 0 Å². The Hall–Kier alpha value is -1.79. The molecule has 0 saturated heterocycles. The van der Waals surface area contributed by atoms with E-state index >= 15 is 0 Å². The van der Waals surface area contributed by atoms with E-state index in [-0.39, 0.29) is 24.9 Å². The Kier molecular flexibility index (Phi) is 5.35. The molecule has 1 aliphatic carbocycles. The minimum atomic E-state index is -1.24. The molecule has 1 rings (SSSR count). The van der Waals surface area contributed by atoms with Gasteiger partial charge in [-0.2, -0.15) is 0 Å². The highest BCUT2D eigenvalue weighted by molar-refractivity contribution is 5.86. The van der Waals surface area contributed by atoms with Crippen LogP contribution in [-0.4, -0.2) is 53.7 Å². The lowest BCUT2D eigenvalue weighted by Crippen LogP contribution is -2.57. The highest BCUT2D eigenvalue weighted by atomic mass is 16.5. The molecule has 1 fully saturated rings. The van der Waals surface area contributed by atoms with Crippen LogP contribution in [0.2, 0.25) is 0 Å². The van der Waals surface area contributed by atoms with E-state index in [0.717, 1.165) is 12.8 Å². The first kappa shape index (κ1) is 16.3. The van der Waals surface area contributed by atoms with Crippen molar-refractivity contribution < 1.29 is 24.2 Å². The average molecular weight is 286 g/mol. The Morgan fingerprint density at radius 3 is 2.45 bits per heavy atom. The van der Waals surface area contributed by atoms with Crippen LogP contribution in [0.15, 0.2) is 0 Å². The summed E-state index contributed by atoms with van der Waals surface area (Å²) < 4.78 is 4.77. The van der Waals surface area contributed by atoms with Crippen LogP contribution in [-0.2, 0) is 14.3 Å². The van der Waals surface area contributed by atoms with Crippen LogP contribution in [0.1, 0.15) is 33.1 Å². The Bertz CT molecular complexity index is 394. The van der Waals surface area contributed by atoms with E-state index < -0.39 is 17.5 Å². The number of rotatable bonds is 7. The maximum Gasteiger partial charge on any atom is 0.329 e. The fourth-order valence-electron chi connectivity index (χ4n) is 1.90. The number of hydrogen-bond donors (Lipinski definition) is 2. The summed E-state index contributed by atoms with van der Waals surface area (Å²) in [7, 11) is 1.52. The summed E-state index contributed by atoms with van der Waals surface area (Å²) in [5.74, 6) is -1.44. The summed E-state index contributed by atoms with van der Waals surface area (Å²) in [5.41, 5.74) is -1.24. The smallest absolute Gasteiger partial charge is 0.329 e. The first-order valence-electron chi connectivity index (χ1n) is 6.73. The van der Waals surface area contributed by atoms with Crippen molar-refractivity contribution in [3.8, 4) is 0 Å². The Morgan fingerprint density at radius 1 is 1.40 bits per heavy atom. The van der Waals surface area contributed by atoms with Gasteiger partial charge in [-0.3, -0.25) is 4.79 Å². The number of esters is 1. The molecule has 0 spiro atoms. The molecule has 0 radical (unpaired) electrons. The molecule has 0 heterocycles. The second-order valence-corrected chi connectivity index (χ2v) is 5.19. The van der Waals surface area contributed by atoms with Crippen molar-refractivity contribution >= 4 is 18.0 Å². The van der Waals surface area contributed by atoms with E-state index in [1.807, 2.05) is 0 Å². The summed E-state index contributed by atoms with van der Waals surface area (Å²) in [5, 5.41) is 11.8. The van der Waals surface area contributed by atoms with Gasteiger partial charge in [-0.15, -0.1) is 0 Å². The van der Waals surface area contributed by atoms with Gasteiger partial charge in [-0.25, -0.2) is 9.59 Å². The summed E-state index contributed by atoms with van der Waals surface area (Å²) in [6, 6.07) is -0.494. The second-order valence-electron chi connectivity index (χ2n) is 5.19. The number of carbonyl (C=O) groups excluding carboxylic acids is 2. The predicted octanol–water partition coefficient (Wildman–Crippen LogP) is 0.834. The Morgan fingerprint density at radius 2 is 2.00 bits per heavy atom. The number of urea groups is 1. The zero-order valence-corrected chi connectivity index (χ0v) is 12.1. The molecule has 0 bridgehead atoms. The molecular weight excluding hydrogens is 264 g/mol. The molecule has 1 atom stereocenters. The average Bonchev–Trinajstić information content (AvgIpc) is 3.20. The van der Waals surface area contributed by atoms with Gasteiger partial charge in [0.1, 0.15) is 5.54 Å². The molecule has 2 amide bonds. The third-order valence-electron chi connectivity index (χ3n) is 3.51. The Balaban J connectivity index is 2.48. The van der Waals surface area contributed by atoms with E-state index in [4.69, 9.17) is 4.74 Å². The number of ether oxygens (including phenoxy) is 1. The molecular formula is C13H22N2O5. The third-order valence-corrected chi connectivity index (χ3v) is 3.51. The van der Waals surface area contributed by atoms with Crippen molar-refractivity contribution in [3.63, 3.8) is 0 Å². The fraction of sp³-hybridized carbons (Fsp3) is 0.769. The van der Waals surface area contributed by atoms with E-state index in [9.17, 15) is 19.5 Å². The molecule has 7 nitrogen and oxygen atoms in total. The number of hydrogen-bond acceptors (Lipinski definition) is 4. The summed E-state index contributed by atoms with van der Waals surface area (Å²) in [6.45, 7) is 3.71. The molecule has 20 heavy (non-hydrogen) atoms. The highest BCUT2D eigenvalue weighted by Gasteiger charge is 2.48. The molecule has 1 aliphatic rings. The largest absolute Gasteiger partial charge is 0.480 e. The molecule has 0 aromatic heterocycles. The number of carboxylic acids is 1. The van der Waals surface area contributed by atoms with Gasteiger partial charge in [0, 0.05) is 13.6 Å².